The van der Waals surface area contributed by atoms with Crippen molar-refractivity contribution in [2.75, 3.05) is 26.4 Å². The minimum Gasteiger partial charge on any atom is -0.489 e. The minimum atomic E-state index is -3.88. The van der Waals surface area contributed by atoms with Crippen LogP contribution < -0.4 is 9.47 Å². The zero-order chi connectivity index (χ0) is 23.2. The Morgan fingerprint density at radius 2 is 1.29 bits per heavy atom. The summed E-state index contributed by atoms with van der Waals surface area (Å²) in [6, 6.07) is 5.69. The Balaban J connectivity index is 2.29. The third-order valence-electron chi connectivity index (χ3n) is 3.64. The second-order valence-corrected chi connectivity index (χ2v) is 11.1. The maximum absolute atomic E-state index is 13.2. The first kappa shape index (κ1) is 26.3. The third kappa shape index (κ3) is 6.78. The largest absolute Gasteiger partial charge is 0.489 e. The van der Waals surface area contributed by atoms with Crippen molar-refractivity contribution < 1.29 is 32.5 Å². The van der Waals surface area contributed by atoms with E-state index >= 15 is 0 Å². The van der Waals surface area contributed by atoms with Crippen molar-refractivity contribution in [1.29, 1.82) is 0 Å². The van der Waals surface area contributed by atoms with Crippen LogP contribution in [0.25, 0.3) is 0 Å². The van der Waals surface area contributed by atoms with E-state index in [1.807, 2.05) is 0 Å². The van der Waals surface area contributed by atoms with E-state index in [1.165, 1.54) is 24.3 Å². The van der Waals surface area contributed by atoms with Gasteiger partial charge in [-0.25, -0.2) is 13.2 Å². The van der Waals surface area contributed by atoms with Crippen LogP contribution in [0.5, 0.6) is 11.5 Å². The summed E-state index contributed by atoms with van der Waals surface area (Å²) in [6.45, 7) is 3.27. The molecule has 0 aliphatic rings. The van der Waals surface area contributed by atoms with Gasteiger partial charge >= 0.3 is 5.97 Å². The topological polar surface area (TPSA) is 99.1 Å². The minimum absolute atomic E-state index is 0.0105. The molecule has 0 unspecified atom stereocenters. The van der Waals surface area contributed by atoms with E-state index in [2.05, 4.69) is 70.3 Å². The lowest BCUT2D eigenvalue weighted by molar-refractivity contribution is -0.138. The fraction of sp³-hybridized carbons (Fsp3) is 0.211. The number of carbonyl (C=O) groups excluding carboxylic acids is 1. The molecule has 168 valence electrons. The van der Waals surface area contributed by atoms with Gasteiger partial charge in [0.15, 0.2) is 0 Å². The van der Waals surface area contributed by atoms with Gasteiger partial charge in [0.25, 0.3) is 0 Å². The van der Waals surface area contributed by atoms with Crippen LogP contribution in [0.1, 0.15) is 0 Å². The van der Waals surface area contributed by atoms with Crippen LogP contribution in [0.15, 0.2) is 64.6 Å². The summed E-state index contributed by atoms with van der Waals surface area (Å²) in [6.07, 6.45) is 1.05. The SMILES string of the molecule is C=CC(=O)OCCOc1c(Br)cc(S(=O)(=O)c2cc(Br)c(OCCO)c(Br)c2)cc1Br. The second-order valence-electron chi connectivity index (χ2n) is 5.73. The number of aliphatic hydroxyl groups is 1. The van der Waals surface area contributed by atoms with Gasteiger partial charge in [-0.2, -0.15) is 0 Å². The maximum atomic E-state index is 13.2. The molecule has 2 rings (SSSR count). The highest BCUT2D eigenvalue weighted by atomic mass is 79.9. The van der Waals surface area contributed by atoms with Gasteiger partial charge in [0, 0.05) is 6.08 Å². The highest BCUT2D eigenvalue weighted by Crippen LogP contribution is 2.40. The van der Waals surface area contributed by atoms with E-state index in [1.54, 1.807) is 0 Å². The molecule has 7 nitrogen and oxygen atoms in total. The molecule has 2 aromatic rings. The van der Waals surface area contributed by atoms with Gasteiger partial charge in [-0.1, -0.05) is 6.58 Å². The number of rotatable bonds is 10. The van der Waals surface area contributed by atoms with Gasteiger partial charge in [0.05, 0.1) is 34.3 Å². The molecular weight excluding hydrogens is 692 g/mol. The predicted octanol–water partition coefficient (Wildman–Crippen LogP) is 5.05. The molecule has 0 saturated heterocycles. The molecule has 0 spiro atoms. The van der Waals surface area contributed by atoms with E-state index in [9.17, 15) is 13.2 Å². The standard InChI is InChI=1S/C19H16Br4O7S/c1-2-17(25)28-5-6-30-19-15(22)9-12(10-16(19)23)31(26,27)11-7-13(20)18(14(21)8-11)29-4-3-24/h2,7-10,24H,1,3-6H2. The lowest BCUT2D eigenvalue weighted by atomic mass is 10.3. The molecule has 0 bridgehead atoms. The normalized spacial score (nSPS) is 11.1. The number of esters is 1. The number of halogens is 4. The number of ether oxygens (including phenoxy) is 3. The van der Waals surface area contributed by atoms with Crippen LogP contribution in [0.3, 0.4) is 0 Å². The smallest absolute Gasteiger partial charge is 0.330 e. The highest BCUT2D eigenvalue weighted by molar-refractivity contribution is 9.11. The van der Waals surface area contributed by atoms with Crippen LogP contribution in [-0.4, -0.2) is 45.9 Å². The molecule has 0 amide bonds. The van der Waals surface area contributed by atoms with E-state index in [0.29, 0.717) is 29.4 Å². The summed E-state index contributed by atoms with van der Waals surface area (Å²) in [7, 11) is -3.88. The number of aliphatic hydroxyl groups excluding tert-OH is 1. The van der Waals surface area contributed by atoms with Gasteiger partial charge in [-0.3, -0.25) is 0 Å². The Bertz CT molecular complexity index is 1040. The Hall–Kier alpha value is -0.920. The monoisotopic (exact) mass is 704 g/mol. The first-order chi connectivity index (χ1) is 14.6. The third-order valence-corrected chi connectivity index (χ3v) is 7.71. The predicted molar refractivity (Wildman–Crippen MR) is 128 cm³/mol. The fourth-order valence-corrected chi connectivity index (χ4v) is 7.09. The summed E-state index contributed by atoms with van der Waals surface area (Å²) in [5.41, 5.74) is 0. The van der Waals surface area contributed by atoms with Crippen molar-refractivity contribution >= 4 is 79.5 Å². The van der Waals surface area contributed by atoms with Crippen LogP contribution in [0.4, 0.5) is 0 Å². The number of carbonyl (C=O) groups is 1. The Morgan fingerprint density at radius 3 is 1.68 bits per heavy atom. The molecule has 31 heavy (non-hydrogen) atoms. The summed E-state index contributed by atoms with van der Waals surface area (Å²) in [4.78, 5) is 11.1. The highest BCUT2D eigenvalue weighted by Gasteiger charge is 2.24. The molecule has 0 aliphatic carbocycles. The van der Waals surface area contributed by atoms with Crippen molar-refractivity contribution in [2.45, 2.75) is 9.79 Å². The molecule has 0 fully saturated rings. The molecule has 0 saturated carbocycles. The maximum Gasteiger partial charge on any atom is 0.330 e. The molecule has 1 N–H and O–H groups in total. The molecular formula is C19H16Br4O7S. The summed E-state index contributed by atoms with van der Waals surface area (Å²) < 4.78 is 43.8. The van der Waals surface area contributed by atoms with Gasteiger partial charge in [0.2, 0.25) is 9.84 Å². The Morgan fingerprint density at radius 1 is 0.871 bits per heavy atom. The number of hydrogen-bond acceptors (Lipinski definition) is 7. The average Bonchev–Trinajstić information content (AvgIpc) is 2.71. The number of benzene rings is 2. The lowest BCUT2D eigenvalue weighted by Crippen LogP contribution is -2.11. The summed E-state index contributed by atoms with van der Waals surface area (Å²) in [5, 5.41) is 8.92. The first-order valence-corrected chi connectivity index (χ1v) is 13.2. The van der Waals surface area contributed by atoms with Gasteiger partial charge in [0.1, 0.15) is 31.3 Å². The van der Waals surface area contributed by atoms with Crippen LogP contribution >= 0.6 is 63.7 Å². The van der Waals surface area contributed by atoms with Crippen LogP contribution in [0, 0.1) is 0 Å². The van der Waals surface area contributed by atoms with Crippen molar-refractivity contribution in [3.8, 4) is 11.5 Å². The number of sulfone groups is 1. The number of hydrogen-bond donors (Lipinski definition) is 1. The fourth-order valence-electron chi connectivity index (χ4n) is 2.29. The van der Waals surface area contributed by atoms with E-state index in [0.717, 1.165) is 6.08 Å². The molecule has 0 radical (unpaired) electrons. The zero-order valence-electron chi connectivity index (χ0n) is 15.7. The van der Waals surface area contributed by atoms with E-state index in [4.69, 9.17) is 19.3 Å². The first-order valence-electron chi connectivity index (χ1n) is 8.50. The Kier molecular flexibility index (Phi) is 10.0. The zero-order valence-corrected chi connectivity index (χ0v) is 22.9. The van der Waals surface area contributed by atoms with Crippen molar-refractivity contribution in [3.63, 3.8) is 0 Å². The molecule has 12 heteroatoms. The summed E-state index contributed by atoms with van der Waals surface area (Å²) >= 11 is 13.2. The van der Waals surface area contributed by atoms with E-state index < -0.39 is 15.8 Å². The van der Waals surface area contributed by atoms with Gasteiger partial charge < -0.3 is 19.3 Å². The molecule has 0 aromatic heterocycles. The van der Waals surface area contributed by atoms with Crippen molar-refractivity contribution in [1.82, 2.24) is 0 Å². The van der Waals surface area contributed by atoms with Crippen molar-refractivity contribution in [3.05, 3.63) is 54.8 Å². The van der Waals surface area contributed by atoms with Crippen LogP contribution in [0.2, 0.25) is 0 Å². The summed E-state index contributed by atoms with van der Waals surface area (Å²) in [5.74, 6) is 0.188. The van der Waals surface area contributed by atoms with Gasteiger partial charge in [-0.05, 0) is 88.0 Å². The molecule has 2 aromatic carbocycles. The molecule has 0 aliphatic heterocycles. The van der Waals surface area contributed by atoms with Gasteiger partial charge in [-0.15, -0.1) is 0 Å². The van der Waals surface area contributed by atoms with Crippen molar-refractivity contribution in [2.24, 2.45) is 0 Å². The molecule has 0 heterocycles. The quantitative estimate of drug-likeness (QED) is 0.210. The van der Waals surface area contributed by atoms with E-state index in [-0.39, 0.29) is 36.2 Å². The average molecular weight is 708 g/mol. The second kappa shape index (κ2) is 11.8. The lowest BCUT2D eigenvalue weighted by Gasteiger charge is -2.14. The Labute approximate surface area is 213 Å². The van der Waals surface area contributed by atoms with Crippen LogP contribution in [-0.2, 0) is 19.4 Å². The molecule has 0 atom stereocenters.